The molecule has 1 aliphatic heterocycles. The lowest BCUT2D eigenvalue weighted by molar-refractivity contribution is 0.0196. The maximum absolute atomic E-state index is 11.8. The van der Waals surface area contributed by atoms with Crippen molar-refractivity contribution in [2.24, 2.45) is 0 Å². The number of hydrogen-bond acceptors (Lipinski definition) is 2. The second-order valence-electron chi connectivity index (χ2n) is 5.09. The number of rotatable bonds is 0. The molecule has 0 aromatic carbocycles. The Bertz CT molecular complexity index is 276. The molecule has 3 heteroatoms. The molecule has 0 fully saturated rings. The highest BCUT2D eigenvalue weighted by atomic mass is 16.6. The van der Waals surface area contributed by atoms with Crippen LogP contribution in [0.4, 0.5) is 4.79 Å². The fraction of sp³-hybridized carbons (Fsp3) is 0.750. The second kappa shape index (κ2) is 4.25. The molecule has 0 radical (unpaired) electrons. The highest BCUT2D eigenvalue weighted by Crippen LogP contribution is 2.20. The van der Waals surface area contributed by atoms with Crippen molar-refractivity contribution >= 4 is 6.09 Å². The Kier molecular flexibility index (Phi) is 3.42. The van der Waals surface area contributed by atoms with Crippen molar-refractivity contribution in [3.05, 3.63) is 11.6 Å². The first-order valence-electron chi connectivity index (χ1n) is 5.47. The van der Waals surface area contributed by atoms with Crippen molar-refractivity contribution < 1.29 is 9.53 Å². The molecule has 15 heavy (non-hydrogen) atoms. The molecule has 0 unspecified atom stereocenters. The summed E-state index contributed by atoms with van der Waals surface area (Å²) in [5.74, 6) is 0. The average molecular weight is 211 g/mol. The molecule has 3 nitrogen and oxygen atoms in total. The smallest absolute Gasteiger partial charge is 0.410 e. The van der Waals surface area contributed by atoms with Crippen LogP contribution in [-0.2, 0) is 4.74 Å². The van der Waals surface area contributed by atoms with E-state index in [-0.39, 0.29) is 12.1 Å². The Morgan fingerprint density at radius 2 is 2.13 bits per heavy atom. The van der Waals surface area contributed by atoms with E-state index < -0.39 is 5.60 Å². The quantitative estimate of drug-likeness (QED) is 0.576. The van der Waals surface area contributed by atoms with Gasteiger partial charge in [-0.2, -0.15) is 0 Å². The number of nitrogens with zero attached hydrogens (tertiary/aromatic N) is 1. The maximum Gasteiger partial charge on any atom is 0.410 e. The van der Waals surface area contributed by atoms with Crippen LogP contribution < -0.4 is 0 Å². The Morgan fingerprint density at radius 1 is 1.53 bits per heavy atom. The van der Waals surface area contributed by atoms with E-state index in [2.05, 4.69) is 13.0 Å². The minimum atomic E-state index is -0.411. The lowest BCUT2D eigenvalue weighted by atomic mass is 10.0. The van der Waals surface area contributed by atoms with Gasteiger partial charge in [0, 0.05) is 6.54 Å². The topological polar surface area (TPSA) is 29.5 Å². The van der Waals surface area contributed by atoms with Crippen LogP contribution in [0.15, 0.2) is 11.6 Å². The Hall–Kier alpha value is -0.990. The molecule has 0 bridgehead atoms. The number of hydrogen-bond donors (Lipinski definition) is 0. The Balaban J connectivity index is 2.65. The van der Waals surface area contributed by atoms with Crippen molar-refractivity contribution in [1.29, 1.82) is 0 Å². The van der Waals surface area contributed by atoms with E-state index in [0.29, 0.717) is 0 Å². The zero-order valence-corrected chi connectivity index (χ0v) is 10.3. The zero-order chi connectivity index (χ0) is 11.6. The molecular weight excluding hydrogens is 190 g/mol. The van der Waals surface area contributed by atoms with E-state index in [1.807, 2.05) is 27.7 Å². The normalized spacial score (nSPS) is 22.3. The first kappa shape index (κ1) is 12.1. The van der Waals surface area contributed by atoms with Crippen molar-refractivity contribution in [3.63, 3.8) is 0 Å². The summed E-state index contributed by atoms with van der Waals surface area (Å²) in [6.45, 7) is 10.5. The van der Waals surface area contributed by atoms with Gasteiger partial charge < -0.3 is 9.64 Å². The molecule has 0 aromatic rings. The van der Waals surface area contributed by atoms with Crippen LogP contribution in [0.2, 0.25) is 0 Å². The molecule has 0 saturated heterocycles. The summed E-state index contributed by atoms with van der Waals surface area (Å²) < 4.78 is 5.36. The van der Waals surface area contributed by atoms with E-state index in [1.165, 1.54) is 5.57 Å². The summed E-state index contributed by atoms with van der Waals surface area (Å²) >= 11 is 0. The van der Waals surface area contributed by atoms with Crippen LogP contribution in [-0.4, -0.2) is 29.2 Å². The monoisotopic (exact) mass is 211 g/mol. The minimum absolute atomic E-state index is 0.161. The van der Waals surface area contributed by atoms with Gasteiger partial charge in [0.2, 0.25) is 0 Å². The molecule has 0 aromatic heterocycles. The van der Waals surface area contributed by atoms with Gasteiger partial charge in [-0.05, 0) is 41.0 Å². The molecule has 1 amide bonds. The summed E-state index contributed by atoms with van der Waals surface area (Å²) in [5.41, 5.74) is 0.832. The summed E-state index contributed by atoms with van der Waals surface area (Å²) in [6, 6.07) is 0.161. The van der Waals surface area contributed by atoms with Gasteiger partial charge in [-0.25, -0.2) is 4.79 Å². The van der Waals surface area contributed by atoms with Crippen molar-refractivity contribution in [2.75, 3.05) is 6.54 Å². The number of carbonyl (C=O) groups is 1. The van der Waals surface area contributed by atoms with E-state index >= 15 is 0 Å². The van der Waals surface area contributed by atoms with E-state index in [9.17, 15) is 4.79 Å². The molecule has 1 rings (SSSR count). The maximum atomic E-state index is 11.8. The lowest BCUT2D eigenvalue weighted by Gasteiger charge is -2.34. The predicted octanol–water partition coefficient (Wildman–Crippen LogP) is 2.96. The van der Waals surface area contributed by atoms with Gasteiger partial charge in [0.05, 0.1) is 6.04 Å². The Morgan fingerprint density at radius 3 is 2.67 bits per heavy atom. The highest BCUT2D eigenvalue weighted by molar-refractivity contribution is 5.69. The molecule has 0 aliphatic carbocycles. The first-order valence-corrected chi connectivity index (χ1v) is 5.47. The molecule has 0 N–H and O–H groups in total. The largest absolute Gasteiger partial charge is 0.444 e. The van der Waals surface area contributed by atoms with Crippen LogP contribution in [0, 0.1) is 0 Å². The van der Waals surface area contributed by atoms with Gasteiger partial charge in [-0.1, -0.05) is 11.6 Å². The van der Waals surface area contributed by atoms with Gasteiger partial charge in [0.15, 0.2) is 0 Å². The number of carbonyl (C=O) groups excluding carboxylic acids is 1. The third-order valence-electron chi connectivity index (χ3n) is 2.59. The van der Waals surface area contributed by atoms with Crippen molar-refractivity contribution in [2.45, 2.75) is 52.7 Å². The van der Waals surface area contributed by atoms with Crippen LogP contribution >= 0.6 is 0 Å². The van der Waals surface area contributed by atoms with Crippen LogP contribution in [0.25, 0.3) is 0 Å². The fourth-order valence-corrected chi connectivity index (χ4v) is 1.61. The molecular formula is C12H21NO2. The van der Waals surface area contributed by atoms with E-state index in [4.69, 9.17) is 4.74 Å². The number of amides is 1. The molecule has 1 atom stereocenters. The third-order valence-corrected chi connectivity index (χ3v) is 2.59. The predicted molar refractivity (Wildman–Crippen MR) is 60.8 cm³/mol. The first-order chi connectivity index (χ1) is 6.81. The van der Waals surface area contributed by atoms with Gasteiger partial charge in [-0.15, -0.1) is 0 Å². The van der Waals surface area contributed by atoms with Crippen molar-refractivity contribution in [3.8, 4) is 0 Å². The van der Waals surface area contributed by atoms with Gasteiger partial charge >= 0.3 is 6.09 Å². The molecule has 0 spiro atoms. The summed E-state index contributed by atoms with van der Waals surface area (Å²) in [4.78, 5) is 13.6. The minimum Gasteiger partial charge on any atom is -0.444 e. The highest BCUT2D eigenvalue weighted by Gasteiger charge is 2.27. The SMILES string of the molecule is CC1=CCCN(C(=O)OC(C)(C)C)[C@H]1C. The van der Waals surface area contributed by atoms with Gasteiger partial charge in [0.25, 0.3) is 0 Å². The summed E-state index contributed by atoms with van der Waals surface area (Å²) in [7, 11) is 0. The third kappa shape index (κ3) is 3.26. The van der Waals surface area contributed by atoms with Crippen LogP contribution in [0.5, 0.6) is 0 Å². The van der Waals surface area contributed by atoms with Crippen LogP contribution in [0.3, 0.4) is 0 Å². The van der Waals surface area contributed by atoms with Gasteiger partial charge in [0.1, 0.15) is 5.60 Å². The fourth-order valence-electron chi connectivity index (χ4n) is 1.61. The van der Waals surface area contributed by atoms with Crippen molar-refractivity contribution in [1.82, 2.24) is 4.90 Å². The molecule has 0 saturated carbocycles. The molecule has 1 heterocycles. The molecule has 86 valence electrons. The van der Waals surface area contributed by atoms with E-state index in [1.54, 1.807) is 4.90 Å². The second-order valence-corrected chi connectivity index (χ2v) is 5.09. The van der Waals surface area contributed by atoms with E-state index in [0.717, 1.165) is 13.0 Å². The average Bonchev–Trinajstić information content (AvgIpc) is 2.06. The number of ether oxygens (including phenoxy) is 1. The Labute approximate surface area is 92.1 Å². The summed E-state index contributed by atoms with van der Waals surface area (Å²) in [5, 5.41) is 0. The van der Waals surface area contributed by atoms with Gasteiger partial charge in [-0.3, -0.25) is 0 Å². The standard InChI is InChI=1S/C12H21NO2/c1-9-7-6-8-13(10(9)2)11(14)15-12(3,4)5/h7,10H,6,8H2,1-5H3/t10-/m0/s1. The summed E-state index contributed by atoms with van der Waals surface area (Å²) in [6.07, 6.45) is 2.91. The zero-order valence-electron chi connectivity index (χ0n) is 10.3. The molecule has 1 aliphatic rings. The van der Waals surface area contributed by atoms with Crippen LogP contribution in [0.1, 0.15) is 41.0 Å². The lowest BCUT2D eigenvalue weighted by Crippen LogP contribution is -2.44.